The van der Waals surface area contributed by atoms with Gasteiger partial charge < -0.3 is 4.98 Å². The third-order valence-corrected chi connectivity index (χ3v) is 1.92. The van der Waals surface area contributed by atoms with Crippen molar-refractivity contribution in [3.8, 4) is 0 Å². The van der Waals surface area contributed by atoms with Crippen LogP contribution in [0.3, 0.4) is 0 Å². The second-order valence-corrected chi connectivity index (χ2v) is 3.08. The van der Waals surface area contributed by atoms with Gasteiger partial charge >= 0.3 is 0 Å². The van der Waals surface area contributed by atoms with Gasteiger partial charge in [-0.1, -0.05) is 0 Å². The highest BCUT2D eigenvalue weighted by Gasteiger charge is 2.03. The van der Waals surface area contributed by atoms with Gasteiger partial charge in [-0.3, -0.25) is 4.79 Å². The Morgan fingerprint density at radius 3 is 3.07 bits per heavy atom. The fourth-order valence-electron chi connectivity index (χ4n) is 1.27. The first-order chi connectivity index (χ1) is 6.75. The van der Waals surface area contributed by atoms with E-state index in [1.165, 1.54) is 0 Å². The number of aromatic amines is 2. The van der Waals surface area contributed by atoms with Crippen LogP contribution in [-0.4, -0.2) is 20.2 Å². The zero-order valence-corrected chi connectivity index (χ0v) is 7.74. The molecule has 0 aromatic carbocycles. The molecule has 2 heterocycles. The van der Waals surface area contributed by atoms with Crippen LogP contribution in [0.1, 0.15) is 17.1 Å². The van der Waals surface area contributed by atoms with Crippen molar-refractivity contribution in [1.29, 1.82) is 0 Å². The summed E-state index contributed by atoms with van der Waals surface area (Å²) in [4.78, 5) is 18.3. The van der Waals surface area contributed by atoms with Crippen molar-refractivity contribution >= 4 is 0 Å². The van der Waals surface area contributed by atoms with Crippen LogP contribution < -0.4 is 5.56 Å². The number of H-pyrrole nitrogens is 2. The Morgan fingerprint density at radius 2 is 2.36 bits per heavy atom. The molecule has 0 aliphatic heterocycles. The lowest BCUT2D eigenvalue weighted by Crippen LogP contribution is -2.15. The van der Waals surface area contributed by atoms with E-state index in [1.54, 1.807) is 18.5 Å². The highest BCUT2D eigenvalue weighted by Crippen LogP contribution is 2.00. The van der Waals surface area contributed by atoms with Crippen LogP contribution in [0, 0.1) is 6.92 Å². The zero-order chi connectivity index (χ0) is 9.97. The highest BCUT2D eigenvalue weighted by atomic mass is 16.1. The molecule has 14 heavy (non-hydrogen) atoms. The molecule has 0 saturated carbocycles. The number of nitrogens with one attached hydrogen (secondary N) is 2. The summed E-state index contributed by atoms with van der Waals surface area (Å²) in [6.45, 7) is 1.83. The second-order valence-electron chi connectivity index (χ2n) is 3.08. The van der Waals surface area contributed by atoms with E-state index in [2.05, 4.69) is 20.2 Å². The van der Waals surface area contributed by atoms with Gasteiger partial charge in [0.15, 0.2) is 0 Å². The number of hydrogen-bond acceptors (Lipinski definition) is 3. The lowest BCUT2D eigenvalue weighted by Gasteiger charge is -1.97. The minimum atomic E-state index is -0.160. The molecule has 0 atom stereocenters. The summed E-state index contributed by atoms with van der Waals surface area (Å²) >= 11 is 0. The molecule has 72 valence electrons. The first kappa shape index (κ1) is 8.68. The maximum Gasteiger partial charge on any atom is 0.267 e. The molecule has 0 bridgehead atoms. The molecule has 0 unspecified atom stereocenters. The van der Waals surface area contributed by atoms with Crippen molar-refractivity contribution in [2.24, 2.45) is 0 Å². The minimum Gasteiger partial charge on any atom is -0.348 e. The molecule has 5 nitrogen and oxygen atoms in total. The van der Waals surface area contributed by atoms with Gasteiger partial charge in [-0.05, 0) is 13.0 Å². The van der Waals surface area contributed by atoms with Gasteiger partial charge in [-0.15, -0.1) is 0 Å². The topological polar surface area (TPSA) is 74.4 Å². The molecule has 2 aromatic heterocycles. The van der Waals surface area contributed by atoms with Gasteiger partial charge in [-0.25, -0.2) is 10.1 Å². The fraction of sp³-hybridized carbons (Fsp3) is 0.222. The van der Waals surface area contributed by atoms with Crippen molar-refractivity contribution in [3.05, 3.63) is 45.9 Å². The number of aryl methyl sites for hydroxylation is 1. The van der Waals surface area contributed by atoms with Crippen molar-refractivity contribution in [3.63, 3.8) is 0 Å². The molecule has 0 saturated heterocycles. The Kier molecular flexibility index (Phi) is 2.14. The van der Waals surface area contributed by atoms with Crippen molar-refractivity contribution in [1.82, 2.24) is 20.2 Å². The Bertz CT molecular complexity index is 472. The van der Waals surface area contributed by atoms with Gasteiger partial charge in [-0.2, -0.15) is 5.10 Å². The van der Waals surface area contributed by atoms with Crippen molar-refractivity contribution in [2.75, 3.05) is 0 Å². The molecule has 0 fully saturated rings. The average Bonchev–Trinajstić information content (AvgIpc) is 2.64. The molecular formula is C9H10N4O. The van der Waals surface area contributed by atoms with E-state index >= 15 is 0 Å². The molecule has 0 aliphatic rings. The lowest BCUT2D eigenvalue weighted by molar-refractivity contribution is 0.897. The molecule has 0 aliphatic carbocycles. The average molecular weight is 190 g/mol. The molecule has 0 spiro atoms. The van der Waals surface area contributed by atoms with Crippen LogP contribution in [-0.2, 0) is 6.42 Å². The largest absolute Gasteiger partial charge is 0.348 e. The molecule has 0 radical (unpaired) electrons. The van der Waals surface area contributed by atoms with E-state index in [1.807, 2.05) is 6.92 Å². The molecule has 5 heteroatoms. The van der Waals surface area contributed by atoms with Gasteiger partial charge in [0, 0.05) is 24.4 Å². The van der Waals surface area contributed by atoms with Crippen LogP contribution in [0.15, 0.2) is 23.3 Å². The Labute approximate surface area is 80.2 Å². The van der Waals surface area contributed by atoms with E-state index in [4.69, 9.17) is 0 Å². The lowest BCUT2D eigenvalue weighted by atomic mass is 10.2. The summed E-state index contributed by atoms with van der Waals surface area (Å²) in [5, 5.41) is 6.23. The quantitative estimate of drug-likeness (QED) is 0.719. The minimum absolute atomic E-state index is 0.160. The van der Waals surface area contributed by atoms with Gasteiger partial charge in [0.1, 0.15) is 5.82 Å². The maximum atomic E-state index is 11.3. The van der Waals surface area contributed by atoms with Gasteiger partial charge in [0.25, 0.3) is 5.56 Å². The van der Waals surface area contributed by atoms with Crippen LogP contribution in [0.5, 0.6) is 0 Å². The van der Waals surface area contributed by atoms with E-state index in [9.17, 15) is 4.79 Å². The Hall–Kier alpha value is -1.91. The first-order valence-electron chi connectivity index (χ1n) is 4.29. The van der Waals surface area contributed by atoms with Crippen LogP contribution in [0.25, 0.3) is 0 Å². The maximum absolute atomic E-state index is 11.3. The summed E-state index contributed by atoms with van der Waals surface area (Å²) in [7, 11) is 0. The zero-order valence-electron chi connectivity index (χ0n) is 7.74. The summed E-state index contributed by atoms with van der Waals surface area (Å²) in [6, 6.07) is 1.77. The van der Waals surface area contributed by atoms with E-state index in [-0.39, 0.29) is 5.56 Å². The number of nitrogens with zero attached hydrogens (tertiary/aromatic N) is 2. The highest BCUT2D eigenvalue weighted by molar-refractivity contribution is 5.16. The van der Waals surface area contributed by atoms with Gasteiger partial charge in [0.05, 0.1) is 5.69 Å². The normalized spacial score (nSPS) is 10.4. The third-order valence-electron chi connectivity index (χ3n) is 1.92. The summed E-state index contributed by atoms with van der Waals surface area (Å²) in [5.41, 5.74) is 1.31. The van der Waals surface area contributed by atoms with Crippen LogP contribution in [0.2, 0.25) is 0 Å². The van der Waals surface area contributed by atoms with E-state index in [0.717, 1.165) is 11.5 Å². The number of imidazole rings is 1. The monoisotopic (exact) mass is 190 g/mol. The molecule has 2 aromatic rings. The van der Waals surface area contributed by atoms with Crippen LogP contribution >= 0.6 is 0 Å². The summed E-state index contributed by atoms with van der Waals surface area (Å²) in [5.74, 6) is 0.779. The summed E-state index contributed by atoms with van der Waals surface area (Å²) < 4.78 is 0. The smallest absolute Gasteiger partial charge is 0.267 e. The number of rotatable bonds is 2. The Morgan fingerprint density at radius 1 is 1.50 bits per heavy atom. The van der Waals surface area contributed by atoms with Crippen LogP contribution in [0.4, 0.5) is 0 Å². The predicted molar refractivity (Wildman–Crippen MR) is 51.0 cm³/mol. The molecule has 2 rings (SSSR count). The molecule has 2 N–H and O–H groups in total. The second kappa shape index (κ2) is 3.45. The van der Waals surface area contributed by atoms with Gasteiger partial charge in [0.2, 0.25) is 0 Å². The molecule has 0 amide bonds. The van der Waals surface area contributed by atoms with E-state index in [0.29, 0.717) is 12.0 Å². The van der Waals surface area contributed by atoms with E-state index < -0.39 is 0 Å². The first-order valence-corrected chi connectivity index (χ1v) is 4.29. The van der Waals surface area contributed by atoms with Crippen molar-refractivity contribution in [2.45, 2.75) is 13.3 Å². The number of aromatic nitrogens is 4. The number of hydrogen-bond donors (Lipinski definition) is 2. The third kappa shape index (κ3) is 1.71. The summed E-state index contributed by atoms with van der Waals surface area (Å²) in [6.07, 6.45) is 3.90. The SMILES string of the molecule is Cc1cc(Cc2ncc[nH]2)c(=O)[nH]n1. The molecular weight excluding hydrogens is 180 g/mol. The Balaban J connectivity index is 2.33. The van der Waals surface area contributed by atoms with Crippen molar-refractivity contribution < 1.29 is 0 Å². The fourth-order valence-corrected chi connectivity index (χ4v) is 1.27. The standard InChI is InChI=1S/C9H10N4O/c1-6-4-7(9(14)13-12-6)5-8-10-2-3-11-8/h2-4H,5H2,1H3,(H,10,11)(H,13,14). The predicted octanol–water partition coefficient (Wildman–Crippen LogP) is 0.392.